The summed E-state index contributed by atoms with van der Waals surface area (Å²) in [6.07, 6.45) is 0.582. The second-order valence-corrected chi connectivity index (χ2v) is 3.16. The van der Waals surface area contributed by atoms with Gasteiger partial charge in [0.2, 0.25) is 11.8 Å². The molecule has 0 fully saturated rings. The smallest absolute Gasteiger partial charge is 0.239 e. The summed E-state index contributed by atoms with van der Waals surface area (Å²) in [7, 11) is 1.58. The van der Waals surface area contributed by atoms with Gasteiger partial charge in [-0.2, -0.15) is 0 Å². The molecule has 2 amide bonds. The topological polar surface area (TPSA) is 75.4 Å². The Morgan fingerprint density at radius 3 is 2.43 bits per heavy atom. The van der Waals surface area contributed by atoms with Gasteiger partial charge in [0.05, 0.1) is 12.6 Å². The highest BCUT2D eigenvalue weighted by Gasteiger charge is 2.17. The van der Waals surface area contributed by atoms with Crippen LogP contribution in [-0.4, -0.2) is 42.9 Å². The number of nitrogens with zero attached hydrogens (tertiary/aromatic N) is 1. The molecule has 0 aliphatic carbocycles. The Hall–Kier alpha value is -1.10. The van der Waals surface area contributed by atoms with Crippen molar-refractivity contribution < 1.29 is 9.59 Å². The van der Waals surface area contributed by atoms with Crippen LogP contribution in [-0.2, 0) is 9.59 Å². The van der Waals surface area contributed by atoms with Gasteiger partial charge in [0.25, 0.3) is 0 Å². The number of rotatable bonds is 5. The molecular weight excluding hydrogens is 182 g/mol. The summed E-state index contributed by atoms with van der Waals surface area (Å²) in [5.74, 6) is -0.356. The van der Waals surface area contributed by atoms with Crippen molar-refractivity contribution >= 4 is 11.8 Å². The highest BCUT2D eigenvalue weighted by atomic mass is 16.2. The van der Waals surface area contributed by atoms with Crippen molar-refractivity contribution in [2.24, 2.45) is 5.73 Å². The van der Waals surface area contributed by atoms with Crippen molar-refractivity contribution in [3.8, 4) is 0 Å². The standard InChI is InChI=1S/C9H19N3O2/c1-4-7(10)9(14)12(3)6-8(13)11-5-2/h7H,4-6,10H2,1-3H3,(H,11,13)/t7-/m0/s1. The fourth-order valence-electron chi connectivity index (χ4n) is 1.00. The van der Waals surface area contributed by atoms with Crippen LogP contribution in [0.2, 0.25) is 0 Å². The minimum Gasteiger partial charge on any atom is -0.355 e. The SMILES string of the molecule is CCNC(=O)CN(C)C(=O)[C@@H](N)CC. The fraction of sp³-hybridized carbons (Fsp3) is 0.778. The van der Waals surface area contributed by atoms with Crippen molar-refractivity contribution in [1.82, 2.24) is 10.2 Å². The monoisotopic (exact) mass is 201 g/mol. The van der Waals surface area contributed by atoms with Gasteiger partial charge in [0, 0.05) is 13.6 Å². The summed E-state index contributed by atoms with van der Waals surface area (Å²) in [4.78, 5) is 23.9. The molecule has 0 aliphatic heterocycles. The maximum absolute atomic E-state index is 11.4. The highest BCUT2D eigenvalue weighted by molar-refractivity contribution is 5.87. The minimum atomic E-state index is -0.505. The molecule has 0 rings (SSSR count). The zero-order chi connectivity index (χ0) is 11.1. The van der Waals surface area contributed by atoms with E-state index in [1.807, 2.05) is 13.8 Å². The third-order valence-corrected chi connectivity index (χ3v) is 1.89. The lowest BCUT2D eigenvalue weighted by Gasteiger charge is -2.19. The van der Waals surface area contributed by atoms with Crippen LogP contribution in [0, 0.1) is 0 Å². The normalized spacial score (nSPS) is 12.0. The molecule has 0 aromatic heterocycles. The number of carbonyl (C=O) groups excluding carboxylic acids is 2. The van der Waals surface area contributed by atoms with Crippen LogP contribution in [0.15, 0.2) is 0 Å². The second kappa shape index (κ2) is 6.37. The number of likely N-dealkylation sites (N-methyl/N-ethyl adjacent to an activating group) is 2. The number of carbonyl (C=O) groups is 2. The Kier molecular flexibility index (Phi) is 5.87. The Bertz CT molecular complexity index is 206. The Morgan fingerprint density at radius 1 is 1.43 bits per heavy atom. The first kappa shape index (κ1) is 12.9. The van der Waals surface area contributed by atoms with E-state index in [4.69, 9.17) is 5.73 Å². The molecule has 1 atom stereocenters. The van der Waals surface area contributed by atoms with E-state index in [9.17, 15) is 9.59 Å². The van der Waals surface area contributed by atoms with Crippen LogP contribution in [0.5, 0.6) is 0 Å². The molecule has 0 aromatic carbocycles. The van der Waals surface area contributed by atoms with Gasteiger partial charge in [0.1, 0.15) is 0 Å². The fourth-order valence-corrected chi connectivity index (χ4v) is 1.00. The molecule has 0 unspecified atom stereocenters. The van der Waals surface area contributed by atoms with Crippen LogP contribution >= 0.6 is 0 Å². The third-order valence-electron chi connectivity index (χ3n) is 1.89. The van der Waals surface area contributed by atoms with E-state index in [1.165, 1.54) is 4.90 Å². The summed E-state index contributed by atoms with van der Waals surface area (Å²) in [5, 5.41) is 2.61. The lowest BCUT2D eigenvalue weighted by Crippen LogP contribution is -2.45. The van der Waals surface area contributed by atoms with E-state index >= 15 is 0 Å². The summed E-state index contributed by atoms with van der Waals surface area (Å²) < 4.78 is 0. The van der Waals surface area contributed by atoms with Crippen molar-refractivity contribution in [2.45, 2.75) is 26.3 Å². The molecular formula is C9H19N3O2. The summed E-state index contributed by atoms with van der Waals surface area (Å²) in [6, 6.07) is -0.505. The average molecular weight is 201 g/mol. The molecule has 5 heteroatoms. The van der Waals surface area contributed by atoms with Crippen molar-refractivity contribution in [3.63, 3.8) is 0 Å². The molecule has 82 valence electrons. The molecule has 0 aliphatic rings. The van der Waals surface area contributed by atoms with Gasteiger partial charge < -0.3 is 16.0 Å². The van der Waals surface area contributed by atoms with E-state index in [0.29, 0.717) is 13.0 Å². The first-order valence-electron chi connectivity index (χ1n) is 4.80. The summed E-state index contributed by atoms with van der Waals surface area (Å²) in [6.45, 7) is 4.31. The molecule has 0 aromatic rings. The van der Waals surface area contributed by atoms with Gasteiger partial charge in [-0.1, -0.05) is 6.92 Å². The molecule has 0 heterocycles. The maximum Gasteiger partial charge on any atom is 0.239 e. The number of nitrogens with one attached hydrogen (secondary N) is 1. The van der Waals surface area contributed by atoms with Crippen molar-refractivity contribution in [2.75, 3.05) is 20.1 Å². The van der Waals surface area contributed by atoms with Crippen LogP contribution in [0.25, 0.3) is 0 Å². The Labute approximate surface area is 84.6 Å². The lowest BCUT2D eigenvalue weighted by molar-refractivity contribution is -0.135. The zero-order valence-electron chi connectivity index (χ0n) is 9.04. The number of hydrogen-bond acceptors (Lipinski definition) is 3. The first-order chi connectivity index (χ1) is 6.52. The van der Waals surface area contributed by atoms with Crippen LogP contribution in [0.4, 0.5) is 0 Å². The Morgan fingerprint density at radius 2 is 2.00 bits per heavy atom. The van der Waals surface area contributed by atoms with Gasteiger partial charge in [-0.15, -0.1) is 0 Å². The van der Waals surface area contributed by atoms with Gasteiger partial charge in [-0.25, -0.2) is 0 Å². The van der Waals surface area contributed by atoms with Crippen molar-refractivity contribution in [1.29, 1.82) is 0 Å². The van der Waals surface area contributed by atoms with E-state index < -0.39 is 6.04 Å². The van der Waals surface area contributed by atoms with E-state index in [0.717, 1.165) is 0 Å². The molecule has 14 heavy (non-hydrogen) atoms. The molecule has 0 saturated carbocycles. The molecule has 0 spiro atoms. The van der Waals surface area contributed by atoms with Gasteiger partial charge >= 0.3 is 0 Å². The second-order valence-electron chi connectivity index (χ2n) is 3.16. The van der Waals surface area contributed by atoms with Crippen LogP contribution in [0.1, 0.15) is 20.3 Å². The number of nitrogens with two attached hydrogens (primary N) is 1. The highest BCUT2D eigenvalue weighted by Crippen LogP contribution is 1.93. The van der Waals surface area contributed by atoms with Crippen LogP contribution in [0.3, 0.4) is 0 Å². The van der Waals surface area contributed by atoms with Gasteiger partial charge in [-0.05, 0) is 13.3 Å². The predicted octanol–water partition coefficient (Wildman–Crippen LogP) is -0.682. The average Bonchev–Trinajstić information content (AvgIpc) is 2.15. The molecule has 0 bridgehead atoms. The zero-order valence-corrected chi connectivity index (χ0v) is 9.04. The van der Waals surface area contributed by atoms with E-state index in [-0.39, 0.29) is 18.4 Å². The quantitative estimate of drug-likeness (QED) is 0.618. The first-order valence-corrected chi connectivity index (χ1v) is 4.80. The van der Waals surface area contributed by atoms with Gasteiger partial charge in [-0.3, -0.25) is 9.59 Å². The Balaban J connectivity index is 4.01. The van der Waals surface area contributed by atoms with Crippen molar-refractivity contribution in [3.05, 3.63) is 0 Å². The number of hydrogen-bond donors (Lipinski definition) is 2. The predicted molar refractivity (Wildman–Crippen MR) is 54.6 cm³/mol. The molecule has 5 nitrogen and oxygen atoms in total. The minimum absolute atomic E-state index is 0.0698. The maximum atomic E-state index is 11.4. The largest absolute Gasteiger partial charge is 0.355 e. The summed E-state index contributed by atoms with van der Waals surface area (Å²) >= 11 is 0. The van der Waals surface area contributed by atoms with E-state index in [2.05, 4.69) is 5.32 Å². The summed E-state index contributed by atoms with van der Waals surface area (Å²) in [5.41, 5.74) is 5.54. The van der Waals surface area contributed by atoms with E-state index in [1.54, 1.807) is 7.05 Å². The third kappa shape index (κ3) is 4.23. The molecule has 0 saturated heterocycles. The van der Waals surface area contributed by atoms with Gasteiger partial charge in [0.15, 0.2) is 0 Å². The lowest BCUT2D eigenvalue weighted by atomic mass is 10.2. The number of amides is 2. The molecule has 3 N–H and O–H groups in total. The molecule has 0 radical (unpaired) electrons. The van der Waals surface area contributed by atoms with Crippen LogP contribution < -0.4 is 11.1 Å².